The normalized spacial score (nSPS) is 23.7. The van der Waals surface area contributed by atoms with E-state index < -0.39 is 11.4 Å². The molecule has 11 nitrogen and oxygen atoms in total. The molecule has 9 rings (SSSR count). The van der Waals surface area contributed by atoms with Crippen molar-refractivity contribution < 1.29 is 24.1 Å². The van der Waals surface area contributed by atoms with Crippen LogP contribution in [0.4, 0.5) is 10.2 Å². The van der Waals surface area contributed by atoms with Crippen molar-refractivity contribution in [3.63, 3.8) is 0 Å². The van der Waals surface area contributed by atoms with Crippen molar-refractivity contribution in [3.05, 3.63) is 35.4 Å². The highest BCUT2D eigenvalue weighted by atomic mass is 35.5. The van der Waals surface area contributed by atoms with Gasteiger partial charge in [-0.3, -0.25) is 15.0 Å². The molecular weight excluding hydrogens is 637 g/mol. The van der Waals surface area contributed by atoms with Gasteiger partial charge in [0.25, 0.3) is 0 Å². The van der Waals surface area contributed by atoms with Gasteiger partial charge in [0.15, 0.2) is 5.82 Å². The molecule has 4 aromatic rings. The number of anilines is 1. The van der Waals surface area contributed by atoms with Crippen LogP contribution in [-0.2, 0) is 4.74 Å². The number of pyridine rings is 1. The van der Waals surface area contributed by atoms with E-state index in [1.54, 1.807) is 24.5 Å². The van der Waals surface area contributed by atoms with E-state index in [1.165, 1.54) is 19.3 Å². The Kier molecular flexibility index (Phi) is 10.7. The van der Waals surface area contributed by atoms with Crippen LogP contribution in [-0.4, -0.2) is 104 Å². The highest BCUT2D eigenvalue weighted by molar-refractivity contribution is 6.31. The number of halogens is 2. The van der Waals surface area contributed by atoms with Crippen LogP contribution >= 0.6 is 11.6 Å². The van der Waals surface area contributed by atoms with Crippen LogP contribution in [0.25, 0.3) is 33.1 Å². The minimum atomic E-state index is -0.565. The van der Waals surface area contributed by atoms with Gasteiger partial charge in [-0.05, 0) is 50.9 Å². The van der Waals surface area contributed by atoms with E-state index in [0.29, 0.717) is 71.8 Å². The van der Waals surface area contributed by atoms with Crippen LogP contribution in [0.5, 0.6) is 6.01 Å². The van der Waals surface area contributed by atoms with Crippen LogP contribution in [0.15, 0.2) is 24.5 Å². The lowest BCUT2D eigenvalue weighted by molar-refractivity contribution is -0.159. The Morgan fingerprint density at radius 1 is 1.02 bits per heavy atom. The molecule has 3 aromatic heterocycles. The topological polar surface area (TPSA) is 133 Å². The van der Waals surface area contributed by atoms with Crippen LogP contribution < -0.4 is 9.64 Å². The predicted molar refractivity (Wildman–Crippen MR) is 185 cm³/mol. The predicted octanol–water partition coefficient (Wildman–Crippen LogP) is 5.90. The Labute approximate surface area is 285 Å². The van der Waals surface area contributed by atoms with E-state index in [4.69, 9.17) is 31.2 Å². The number of morpholine rings is 1. The molecule has 2 aliphatic carbocycles. The number of aliphatic hydroxyl groups is 2. The number of H-pyrrole nitrogens is 1. The van der Waals surface area contributed by atoms with Gasteiger partial charge in [0.1, 0.15) is 23.6 Å². The molecule has 0 amide bonds. The first-order chi connectivity index (χ1) is 23.4. The summed E-state index contributed by atoms with van der Waals surface area (Å²) in [5.41, 5.74) is 1.08. The smallest absolute Gasteiger partial charge is 0.319 e. The third-order valence-electron chi connectivity index (χ3n) is 9.82. The minimum Gasteiger partial charge on any atom is -0.461 e. The standard InChI is InChI=1S/C29H31ClFN7O3.C3H6.C2H6.CH4O/c30-17-9-19(20-14-33-36-22(20)10-17)24-23(31)25-21(13-32-24)26(37-7-8-41-29(15-37)11-18(39)12-29)35-27(34-25)40-16-28-3-1-5-38(28)6-2-4-28;1-2-3-1;2*1-2/h9-10,13-14,18,39H,1-8,11-12,15-16H2,(H,33,36);1-3H2;1-2H3;2H,1H3. The summed E-state index contributed by atoms with van der Waals surface area (Å²) in [6.07, 6.45) is 13.0. The Morgan fingerprint density at radius 2 is 1.75 bits per heavy atom. The Bertz CT molecular complexity index is 1700. The number of rotatable bonds is 5. The van der Waals surface area contributed by atoms with E-state index in [0.717, 1.165) is 45.9 Å². The molecule has 3 aliphatic heterocycles. The number of nitrogens with zero attached hydrogens (tertiary/aromatic N) is 6. The molecule has 0 atom stereocenters. The van der Waals surface area contributed by atoms with E-state index in [9.17, 15) is 5.11 Å². The van der Waals surface area contributed by atoms with Crippen molar-refractivity contribution in [1.82, 2.24) is 30.0 Å². The largest absolute Gasteiger partial charge is 0.461 e. The fraction of sp³-hybridized carbons (Fsp3) is 0.600. The highest BCUT2D eigenvalue weighted by Crippen LogP contribution is 2.42. The lowest BCUT2D eigenvalue weighted by Crippen LogP contribution is -2.60. The zero-order valence-corrected chi connectivity index (χ0v) is 28.9. The van der Waals surface area contributed by atoms with Gasteiger partial charge in [-0.25, -0.2) is 4.39 Å². The second-order valence-electron chi connectivity index (χ2n) is 13.1. The number of ether oxygens (including phenoxy) is 2. The fourth-order valence-electron chi connectivity index (χ4n) is 7.46. The average Bonchev–Trinajstić information content (AvgIpc) is 3.67. The third-order valence-corrected chi connectivity index (χ3v) is 10.0. The molecule has 1 aromatic carbocycles. The van der Waals surface area contributed by atoms with Crippen LogP contribution in [0.1, 0.15) is 71.6 Å². The number of aromatic nitrogens is 5. The maximum Gasteiger partial charge on any atom is 0.319 e. The summed E-state index contributed by atoms with van der Waals surface area (Å²) < 4.78 is 28.9. The summed E-state index contributed by atoms with van der Waals surface area (Å²) in [6.45, 7) is 8.25. The van der Waals surface area contributed by atoms with Crippen molar-refractivity contribution >= 4 is 39.2 Å². The fourth-order valence-corrected chi connectivity index (χ4v) is 7.68. The number of hydrogen-bond acceptors (Lipinski definition) is 10. The molecule has 6 heterocycles. The van der Waals surface area contributed by atoms with Gasteiger partial charge in [-0.15, -0.1) is 0 Å². The molecule has 5 aliphatic rings. The van der Waals surface area contributed by atoms with E-state index in [2.05, 4.69) is 30.0 Å². The number of aromatic amines is 1. The summed E-state index contributed by atoms with van der Waals surface area (Å²) in [5.74, 6) is 0.00287. The second-order valence-corrected chi connectivity index (χ2v) is 13.5. The van der Waals surface area contributed by atoms with Crippen molar-refractivity contribution in [1.29, 1.82) is 0 Å². The van der Waals surface area contributed by atoms with Crippen molar-refractivity contribution in [2.24, 2.45) is 0 Å². The van der Waals surface area contributed by atoms with Crippen LogP contribution in [0, 0.1) is 5.82 Å². The molecule has 0 unspecified atom stereocenters. The molecule has 1 spiro atoms. The first kappa shape index (κ1) is 34.7. The molecule has 48 heavy (non-hydrogen) atoms. The Hall–Kier alpha value is -3.16. The van der Waals surface area contributed by atoms with Gasteiger partial charge in [-0.2, -0.15) is 15.1 Å². The van der Waals surface area contributed by atoms with E-state index in [1.807, 2.05) is 13.8 Å². The molecule has 5 fully saturated rings. The Morgan fingerprint density at radius 3 is 2.44 bits per heavy atom. The molecule has 3 N–H and O–H groups in total. The van der Waals surface area contributed by atoms with Crippen molar-refractivity contribution in [2.45, 2.75) is 88.9 Å². The SMILES string of the molecule is C1CC1.CC.CO.OC1CC2(C1)CN(c1nc(OCC34CCCN3CCC4)nc3c(F)c(-c4cc(Cl)cc5[nH]ncc45)ncc13)CCO2. The highest BCUT2D eigenvalue weighted by Gasteiger charge is 2.48. The molecule has 260 valence electrons. The van der Waals surface area contributed by atoms with Gasteiger partial charge in [-0.1, -0.05) is 44.7 Å². The first-order valence-corrected chi connectivity index (χ1v) is 17.7. The number of hydrogen-bond donors (Lipinski definition) is 3. The summed E-state index contributed by atoms with van der Waals surface area (Å²) in [7, 11) is 1.00. The number of fused-ring (bicyclic) bond motifs is 3. The number of nitrogens with one attached hydrogen (secondary N) is 1. The molecule has 13 heteroatoms. The summed E-state index contributed by atoms with van der Waals surface area (Å²) in [4.78, 5) is 18.7. The second kappa shape index (κ2) is 14.8. The molecule has 0 bridgehead atoms. The van der Waals surface area contributed by atoms with Crippen LogP contribution in [0.2, 0.25) is 5.02 Å². The number of aliphatic hydroxyl groups excluding tert-OH is 2. The lowest BCUT2D eigenvalue weighted by atomic mass is 9.76. The average molecular weight is 684 g/mol. The maximum atomic E-state index is 16.5. The monoisotopic (exact) mass is 683 g/mol. The van der Waals surface area contributed by atoms with E-state index >= 15 is 4.39 Å². The molecule has 3 saturated heterocycles. The molecular formula is C35H47ClFN7O4. The molecule has 0 radical (unpaired) electrons. The molecule has 2 saturated carbocycles. The van der Waals surface area contributed by atoms with E-state index in [-0.39, 0.29) is 28.9 Å². The van der Waals surface area contributed by atoms with Crippen molar-refractivity contribution in [3.8, 4) is 17.3 Å². The zero-order chi connectivity index (χ0) is 33.9. The first-order valence-electron chi connectivity index (χ1n) is 17.3. The quantitative estimate of drug-likeness (QED) is 0.233. The van der Waals surface area contributed by atoms with Gasteiger partial charge >= 0.3 is 6.01 Å². The summed E-state index contributed by atoms with van der Waals surface area (Å²) >= 11 is 6.37. The third kappa shape index (κ3) is 6.82. The van der Waals surface area contributed by atoms with Gasteiger partial charge in [0.05, 0.1) is 41.0 Å². The minimum absolute atomic E-state index is 0.000797. The van der Waals surface area contributed by atoms with Gasteiger partial charge in [0.2, 0.25) is 0 Å². The number of benzene rings is 1. The van der Waals surface area contributed by atoms with Crippen molar-refractivity contribution in [2.75, 3.05) is 51.4 Å². The zero-order valence-electron chi connectivity index (χ0n) is 28.1. The Balaban J connectivity index is 0.000000528. The lowest BCUT2D eigenvalue weighted by Gasteiger charge is -2.51. The maximum absolute atomic E-state index is 16.5. The van der Waals surface area contributed by atoms with Gasteiger partial charge in [0, 0.05) is 55.2 Å². The summed E-state index contributed by atoms with van der Waals surface area (Å²) in [6, 6.07) is 3.60. The van der Waals surface area contributed by atoms with Gasteiger partial charge < -0.3 is 24.6 Å². The van der Waals surface area contributed by atoms with Crippen LogP contribution in [0.3, 0.4) is 0 Å². The summed E-state index contributed by atoms with van der Waals surface area (Å²) in [5, 5.41) is 25.7.